The quantitative estimate of drug-likeness (QED) is 0.313. The minimum Gasteiger partial charge on any atom is -0.508 e. The van der Waals surface area contributed by atoms with Crippen LogP contribution < -0.4 is 14.2 Å². The maximum Gasteiger partial charge on any atom is 0.170 e. The van der Waals surface area contributed by atoms with E-state index in [-0.39, 0.29) is 35.4 Å². The Hall–Kier alpha value is -4.28. The summed E-state index contributed by atoms with van der Waals surface area (Å²) in [5.74, 6) is 6.70. The van der Waals surface area contributed by atoms with Crippen LogP contribution in [0.4, 0.5) is 0 Å². The second-order valence-corrected chi connectivity index (χ2v) is 8.13. The molecule has 0 amide bonds. The molecular weight excluding hydrogens is 452 g/mol. The summed E-state index contributed by atoms with van der Waals surface area (Å²) in [5, 5.41) is 33.2. The molecule has 0 radical (unpaired) electrons. The summed E-state index contributed by atoms with van der Waals surface area (Å²) in [4.78, 5) is 0.940. The molecule has 0 spiro atoms. The Morgan fingerprint density at radius 1 is 0.853 bits per heavy atom. The molecule has 0 aliphatic carbocycles. The van der Waals surface area contributed by atoms with E-state index in [0.717, 1.165) is 10.4 Å². The molecule has 0 aliphatic heterocycles. The van der Waals surface area contributed by atoms with Crippen molar-refractivity contribution in [1.29, 1.82) is 0 Å². The van der Waals surface area contributed by atoms with E-state index in [1.807, 2.05) is 17.5 Å². The Morgan fingerprint density at radius 2 is 1.62 bits per heavy atom. The predicted octanol–water partition coefficient (Wildman–Crippen LogP) is 5.65. The first-order chi connectivity index (χ1) is 16.5. The summed E-state index contributed by atoms with van der Waals surface area (Å²) in [5.41, 5.74) is 2.19. The average molecular weight is 475 g/mol. The van der Waals surface area contributed by atoms with Crippen LogP contribution in [0.3, 0.4) is 0 Å². The van der Waals surface area contributed by atoms with Crippen molar-refractivity contribution in [2.45, 2.75) is 0 Å². The summed E-state index contributed by atoms with van der Waals surface area (Å²) in [6.45, 7) is 0.120. The number of benzene rings is 3. The zero-order chi connectivity index (χ0) is 24.1. The van der Waals surface area contributed by atoms with Crippen molar-refractivity contribution in [3.05, 3.63) is 70.9 Å². The van der Waals surface area contributed by atoms with Gasteiger partial charge < -0.3 is 29.5 Å². The standard InChI is InChI=1S/C27H22O6S/c1-31-24-16-21(17-7-10-19(28)11-8-17)27(32-2)26(30)25(24)18-9-12-23(22(29)15-18)33-13-3-5-20-6-4-14-34-20/h4,6-12,14-16,28-30H,13H2,1-2H3. The average Bonchev–Trinajstić information content (AvgIpc) is 3.36. The summed E-state index contributed by atoms with van der Waals surface area (Å²) >= 11 is 1.54. The molecule has 3 aromatic carbocycles. The van der Waals surface area contributed by atoms with Gasteiger partial charge in [0.1, 0.15) is 18.1 Å². The molecule has 6 nitrogen and oxygen atoms in total. The number of aromatic hydroxyl groups is 3. The lowest BCUT2D eigenvalue weighted by molar-refractivity contribution is 0.342. The highest BCUT2D eigenvalue weighted by atomic mass is 32.1. The van der Waals surface area contributed by atoms with Gasteiger partial charge in [0.25, 0.3) is 0 Å². The number of phenolic OH excluding ortho intramolecular Hbond substituents is 3. The van der Waals surface area contributed by atoms with E-state index in [4.69, 9.17) is 14.2 Å². The lowest BCUT2D eigenvalue weighted by Crippen LogP contribution is -1.97. The predicted molar refractivity (Wildman–Crippen MR) is 132 cm³/mol. The van der Waals surface area contributed by atoms with Gasteiger partial charge in [0.15, 0.2) is 23.0 Å². The van der Waals surface area contributed by atoms with Crippen LogP contribution in [0, 0.1) is 11.8 Å². The Bertz CT molecular complexity index is 1350. The Morgan fingerprint density at radius 3 is 2.26 bits per heavy atom. The van der Waals surface area contributed by atoms with E-state index in [0.29, 0.717) is 22.4 Å². The van der Waals surface area contributed by atoms with Crippen molar-refractivity contribution < 1.29 is 29.5 Å². The van der Waals surface area contributed by atoms with Crippen molar-refractivity contribution in [2.75, 3.05) is 20.8 Å². The molecule has 0 unspecified atom stereocenters. The minimum absolute atomic E-state index is 0.0987. The summed E-state index contributed by atoms with van der Waals surface area (Å²) in [6, 6.07) is 16.9. The van der Waals surface area contributed by atoms with Gasteiger partial charge in [-0.15, -0.1) is 11.3 Å². The van der Waals surface area contributed by atoms with Crippen molar-refractivity contribution in [3.63, 3.8) is 0 Å². The van der Waals surface area contributed by atoms with Crippen LogP contribution in [-0.4, -0.2) is 36.1 Å². The summed E-state index contributed by atoms with van der Waals surface area (Å²) in [6.07, 6.45) is 0. The first-order valence-corrected chi connectivity index (χ1v) is 11.2. The maximum atomic E-state index is 11.1. The third-order valence-electron chi connectivity index (χ3n) is 5.10. The number of ether oxygens (including phenoxy) is 3. The largest absolute Gasteiger partial charge is 0.508 e. The summed E-state index contributed by atoms with van der Waals surface area (Å²) in [7, 11) is 2.95. The normalized spacial score (nSPS) is 10.3. The third-order valence-corrected chi connectivity index (χ3v) is 5.89. The van der Waals surface area contributed by atoms with E-state index < -0.39 is 0 Å². The van der Waals surface area contributed by atoms with Gasteiger partial charge in [-0.25, -0.2) is 0 Å². The molecule has 4 aromatic rings. The molecule has 1 aromatic heterocycles. The van der Waals surface area contributed by atoms with Crippen molar-refractivity contribution in [1.82, 2.24) is 0 Å². The van der Waals surface area contributed by atoms with Crippen LogP contribution in [0.1, 0.15) is 4.88 Å². The number of phenols is 3. The highest BCUT2D eigenvalue weighted by molar-refractivity contribution is 7.10. The van der Waals surface area contributed by atoms with Gasteiger partial charge in [-0.3, -0.25) is 0 Å². The van der Waals surface area contributed by atoms with Crippen LogP contribution in [0.2, 0.25) is 0 Å². The number of rotatable bonds is 6. The Labute approximate surface area is 201 Å². The molecule has 0 fully saturated rings. The van der Waals surface area contributed by atoms with Crippen LogP contribution in [0.5, 0.6) is 34.5 Å². The molecule has 0 saturated heterocycles. The van der Waals surface area contributed by atoms with Crippen molar-refractivity contribution in [2.24, 2.45) is 0 Å². The smallest absolute Gasteiger partial charge is 0.170 e. The van der Waals surface area contributed by atoms with Crippen LogP contribution >= 0.6 is 11.3 Å². The van der Waals surface area contributed by atoms with E-state index in [1.54, 1.807) is 53.8 Å². The lowest BCUT2D eigenvalue weighted by Gasteiger charge is -2.18. The van der Waals surface area contributed by atoms with Crippen molar-refractivity contribution >= 4 is 11.3 Å². The minimum atomic E-state index is -0.139. The highest BCUT2D eigenvalue weighted by Gasteiger charge is 2.22. The van der Waals surface area contributed by atoms with E-state index in [9.17, 15) is 15.3 Å². The fourth-order valence-electron chi connectivity index (χ4n) is 3.51. The van der Waals surface area contributed by atoms with Gasteiger partial charge in [-0.05, 0) is 52.9 Å². The number of hydrogen-bond acceptors (Lipinski definition) is 7. The Balaban J connectivity index is 1.66. The fraction of sp³-hybridized carbons (Fsp3) is 0.111. The van der Waals surface area contributed by atoms with Crippen LogP contribution in [0.15, 0.2) is 66.0 Å². The number of hydrogen-bond donors (Lipinski definition) is 3. The topological polar surface area (TPSA) is 88.4 Å². The zero-order valence-corrected chi connectivity index (χ0v) is 19.3. The molecule has 0 bridgehead atoms. The maximum absolute atomic E-state index is 11.1. The second kappa shape index (κ2) is 10.1. The van der Waals surface area contributed by atoms with Gasteiger partial charge in [-0.2, -0.15) is 0 Å². The van der Waals surface area contributed by atoms with Crippen LogP contribution in [-0.2, 0) is 0 Å². The fourth-order valence-corrected chi connectivity index (χ4v) is 4.10. The molecule has 7 heteroatoms. The first kappa shape index (κ1) is 22.9. The van der Waals surface area contributed by atoms with Gasteiger partial charge in [0.05, 0.1) is 24.7 Å². The van der Waals surface area contributed by atoms with Gasteiger partial charge in [-0.1, -0.05) is 36.1 Å². The van der Waals surface area contributed by atoms with Crippen LogP contribution in [0.25, 0.3) is 22.3 Å². The molecule has 4 rings (SSSR count). The SMILES string of the molecule is COc1cc(-c2ccc(O)cc2)c(OC)c(O)c1-c1ccc(OCC#Cc2cccs2)c(O)c1. The number of methoxy groups -OCH3 is 2. The monoisotopic (exact) mass is 474 g/mol. The van der Waals surface area contributed by atoms with Gasteiger partial charge in [0, 0.05) is 5.56 Å². The molecule has 3 N–H and O–H groups in total. The molecule has 0 saturated carbocycles. The molecule has 0 atom stereocenters. The molecule has 34 heavy (non-hydrogen) atoms. The van der Waals surface area contributed by atoms with Gasteiger partial charge in [0.2, 0.25) is 0 Å². The summed E-state index contributed by atoms with van der Waals surface area (Å²) < 4.78 is 16.6. The molecular formula is C27H22O6S. The van der Waals surface area contributed by atoms with E-state index in [1.165, 1.54) is 20.3 Å². The zero-order valence-electron chi connectivity index (χ0n) is 18.5. The third kappa shape index (κ3) is 4.72. The van der Waals surface area contributed by atoms with E-state index in [2.05, 4.69) is 11.8 Å². The first-order valence-electron chi connectivity index (χ1n) is 10.3. The van der Waals surface area contributed by atoms with Gasteiger partial charge >= 0.3 is 0 Å². The number of thiophene rings is 1. The van der Waals surface area contributed by atoms with Crippen molar-refractivity contribution in [3.8, 4) is 68.6 Å². The second-order valence-electron chi connectivity index (χ2n) is 7.18. The van der Waals surface area contributed by atoms with E-state index >= 15 is 0 Å². The molecule has 1 heterocycles. The Kier molecular flexibility index (Phi) is 6.81. The highest BCUT2D eigenvalue weighted by Crippen LogP contribution is 2.50. The molecule has 172 valence electrons. The lowest BCUT2D eigenvalue weighted by atomic mass is 9.96. The molecule has 0 aliphatic rings.